The molecular weight excluding hydrogens is 394 g/mol. The summed E-state index contributed by atoms with van der Waals surface area (Å²) in [6.45, 7) is 9.42. The highest BCUT2D eigenvalue weighted by molar-refractivity contribution is 7.89. The second-order valence-electron chi connectivity index (χ2n) is 8.20. The van der Waals surface area contributed by atoms with Crippen molar-refractivity contribution in [3.05, 3.63) is 23.2 Å². The van der Waals surface area contributed by atoms with E-state index in [2.05, 4.69) is 16.6 Å². The summed E-state index contributed by atoms with van der Waals surface area (Å²) in [5, 5.41) is 0.893. The van der Waals surface area contributed by atoms with Gasteiger partial charge in [0.05, 0.1) is 20.1 Å². The lowest BCUT2D eigenvalue weighted by Crippen LogP contribution is -2.51. The van der Waals surface area contributed by atoms with Gasteiger partial charge in [0.25, 0.3) is 0 Å². The summed E-state index contributed by atoms with van der Waals surface area (Å²) in [6, 6.07) is 4.18. The summed E-state index contributed by atoms with van der Waals surface area (Å²) in [5.74, 6) is 0.537. The van der Waals surface area contributed by atoms with Crippen LogP contribution in [0.25, 0.3) is 10.2 Å². The molecule has 154 valence electrons. The lowest BCUT2D eigenvalue weighted by molar-refractivity contribution is -0.135. The number of aryl methyl sites for hydroxylation is 1. The zero-order valence-electron chi connectivity index (χ0n) is 16.9. The van der Waals surface area contributed by atoms with Crippen LogP contribution in [0.4, 0.5) is 0 Å². The van der Waals surface area contributed by atoms with Crippen LogP contribution in [0.2, 0.25) is 0 Å². The Labute approximate surface area is 171 Å². The van der Waals surface area contributed by atoms with E-state index in [1.54, 1.807) is 18.2 Å². The second-order valence-corrected chi connectivity index (χ2v) is 11.1. The molecule has 8 heteroatoms. The number of thiazole rings is 1. The van der Waals surface area contributed by atoms with Crippen LogP contribution in [-0.4, -0.2) is 43.3 Å². The number of carbonyl (C=O) groups is 1. The fraction of sp³-hybridized carbons (Fsp3) is 0.600. The summed E-state index contributed by atoms with van der Waals surface area (Å²) >= 11 is 1.46. The van der Waals surface area contributed by atoms with Crippen molar-refractivity contribution in [3.63, 3.8) is 0 Å². The van der Waals surface area contributed by atoms with Crippen molar-refractivity contribution in [1.82, 2.24) is 14.6 Å². The van der Waals surface area contributed by atoms with Crippen LogP contribution in [0.15, 0.2) is 23.1 Å². The molecule has 1 N–H and O–H groups in total. The molecule has 1 aromatic heterocycles. The summed E-state index contributed by atoms with van der Waals surface area (Å²) in [6.07, 6.45) is 2.55. The van der Waals surface area contributed by atoms with Crippen molar-refractivity contribution in [3.8, 4) is 0 Å². The molecule has 1 fully saturated rings. The maximum atomic E-state index is 13.1. The van der Waals surface area contributed by atoms with Gasteiger partial charge in [-0.2, -0.15) is 4.72 Å². The van der Waals surface area contributed by atoms with Crippen molar-refractivity contribution in [1.29, 1.82) is 0 Å². The molecule has 1 amide bonds. The average molecular weight is 424 g/mol. The van der Waals surface area contributed by atoms with Gasteiger partial charge in [-0.15, -0.1) is 11.3 Å². The zero-order valence-corrected chi connectivity index (χ0v) is 18.6. The lowest BCUT2D eigenvalue weighted by atomic mass is 9.98. The molecule has 2 heterocycles. The number of amides is 1. The van der Waals surface area contributed by atoms with Gasteiger partial charge in [0, 0.05) is 13.1 Å². The summed E-state index contributed by atoms with van der Waals surface area (Å²) in [7, 11) is -3.80. The Kier molecular flexibility index (Phi) is 6.41. The Morgan fingerprint density at radius 2 is 2.14 bits per heavy atom. The molecule has 0 unspecified atom stereocenters. The zero-order chi connectivity index (χ0) is 20.5. The van der Waals surface area contributed by atoms with Crippen LogP contribution in [0, 0.1) is 18.8 Å². The number of hydrogen-bond acceptors (Lipinski definition) is 5. The molecule has 0 aliphatic carbocycles. The topological polar surface area (TPSA) is 79.4 Å². The first-order valence-corrected chi connectivity index (χ1v) is 12.1. The van der Waals surface area contributed by atoms with E-state index in [9.17, 15) is 13.2 Å². The highest BCUT2D eigenvalue weighted by Gasteiger charge is 2.31. The largest absolute Gasteiger partial charge is 0.341 e. The number of fused-ring (bicyclic) bond motifs is 1. The van der Waals surface area contributed by atoms with Crippen LogP contribution in [0.3, 0.4) is 0 Å². The number of carbonyl (C=O) groups excluding carboxylic acids is 1. The van der Waals surface area contributed by atoms with E-state index in [4.69, 9.17) is 0 Å². The Morgan fingerprint density at radius 3 is 2.82 bits per heavy atom. The van der Waals surface area contributed by atoms with Crippen LogP contribution in [0.5, 0.6) is 0 Å². The van der Waals surface area contributed by atoms with E-state index in [1.807, 2.05) is 25.7 Å². The number of benzene rings is 1. The van der Waals surface area contributed by atoms with Crippen molar-refractivity contribution in [2.24, 2.45) is 11.8 Å². The number of hydrogen-bond donors (Lipinski definition) is 1. The molecule has 28 heavy (non-hydrogen) atoms. The van der Waals surface area contributed by atoms with Gasteiger partial charge in [-0.3, -0.25) is 4.79 Å². The number of aromatic nitrogens is 1. The minimum Gasteiger partial charge on any atom is -0.341 e. The first kappa shape index (κ1) is 21.2. The number of nitrogens with one attached hydrogen (secondary N) is 1. The number of nitrogens with zero attached hydrogens (tertiary/aromatic N) is 2. The van der Waals surface area contributed by atoms with Gasteiger partial charge in [-0.05, 0) is 56.2 Å². The minimum atomic E-state index is -3.80. The maximum absolute atomic E-state index is 13.1. The normalized spacial score (nSPS) is 19.3. The van der Waals surface area contributed by atoms with Crippen molar-refractivity contribution in [2.75, 3.05) is 13.1 Å². The Morgan fingerprint density at radius 1 is 1.39 bits per heavy atom. The van der Waals surface area contributed by atoms with Crippen LogP contribution in [0.1, 0.15) is 45.0 Å². The smallest absolute Gasteiger partial charge is 0.241 e. The highest BCUT2D eigenvalue weighted by atomic mass is 32.2. The quantitative estimate of drug-likeness (QED) is 0.770. The van der Waals surface area contributed by atoms with Crippen molar-refractivity contribution < 1.29 is 13.2 Å². The van der Waals surface area contributed by atoms with Gasteiger partial charge in [0.2, 0.25) is 15.9 Å². The molecule has 6 nitrogen and oxygen atoms in total. The van der Waals surface area contributed by atoms with Gasteiger partial charge >= 0.3 is 0 Å². The van der Waals surface area contributed by atoms with E-state index < -0.39 is 16.1 Å². The molecule has 1 aliphatic heterocycles. The molecule has 1 saturated heterocycles. The van der Waals surface area contributed by atoms with E-state index in [-0.39, 0.29) is 16.7 Å². The third kappa shape index (κ3) is 4.90. The molecule has 0 radical (unpaired) electrons. The number of piperidine rings is 1. The monoisotopic (exact) mass is 423 g/mol. The molecule has 2 atom stereocenters. The van der Waals surface area contributed by atoms with E-state index >= 15 is 0 Å². The third-order valence-electron chi connectivity index (χ3n) is 5.05. The minimum absolute atomic E-state index is 0.112. The SMILES string of the molecule is Cc1nc2ccc(S(=O)(=O)N[C@@H](CC(C)C)C(=O)N3CCC[C@H](C)C3)cc2s1. The van der Waals surface area contributed by atoms with Crippen LogP contribution in [-0.2, 0) is 14.8 Å². The van der Waals surface area contributed by atoms with E-state index in [0.29, 0.717) is 25.4 Å². The molecule has 0 spiro atoms. The predicted octanol–water partition coefficient (Wildman–Crippen LogP) is 3.56. The molecule has 1 aromatic carbocycles. The van der Waals surface area contributed by atoms with Gasteiger partial charge < -0.3 is 4.90 Å². The third-order valence-corrected chi connectivity index (χ3v) is 7.45. The average Bonchev–Trinajstić information content (AvgIpc) is 2.99. The summed E-state index contributed by atoms with van der Waals surface area (Å²) in [5.41, 5.74) is 0.790. The van der Waals surface area contributed by atoms with Gasteiger partial charge in [-0.25, -0.2) is 13.4 Å². The molecule has 3 rings (SSSR count). The Bertz CT molecular complexity index is 953. The molecule has 1 aliphatic rings. The first-order valence-electron chi connectivity index (χ1n) is 9.84. The standard InChI is InChI=1S/C20H29N3O3S2/c1-13(2)10-18(20(24)23-9-5-6-14(3)12-23)22-28(25,26)16-7-8-17-19(11-16)27-15(4)21-17/h7-8,11,13-14,18,22H,5-6,9-10,12H2,1-4H3/t14-,18-/m0/s1. The Hall–Kier alpha value is -1.51. The summed E-state index contributed by atoms with van der Waals surface area (Å²) < 4.78 is 29.6. The number of rotatable bonds is 6. The first-order chi connectivity index (χ1) is 13.2. The number of sulfonamides is 1. The number of likely N-dealkylation sites (tertiary alicyclic amines) is 1. The van der Waals surface area contributed by atoms with Gasteiger partial charge in [0.1, 0.15) is 6.04 Å². The molecule has 0 bridgehead atoms. The lowest BCUT2D eigenvalue weighted by Gasteiger charge is -2.34. The predicted molar refractivity (Wildman–Crippen MR) is 113 cm³/mol. The van der Waals surface area contributed by atoms with Crippen LogP contribution < -0.4 is 4.72 Å². The van der Waals surface area contributed by atoms with Crippen molar-refractivity contribution >= 4 is 37.5 Å². The highest BCUT2D eigenvalue weighted by Crippen LogP contribution is 2.25. The van der Waals surface area contributed by atoms with Crippen molar-refractivity contribution in [2.45, 2.75) is 57.9 Å². The van der Waals surface area contributed by atoms with Crippen LogP contribution >= 0.6 is 11.3 Å². The second kappa shape index (κ2) is 8.47. The summed E-state index contributed by atoms with van der Waals surface area (Å²) in [4.78, 5) is 19.5. The van der Waals surface area contributed by atoms with E-state index in [0.717, 1.165) is 28.1 Å². The van der Waals surface area contributed by atoms with Gasteiger partial charge in [-0.1, -0.05) is 20.8 Å². The van der Waals surface area contributed by atoms with E-state index in [1.165, 1.54) is 11.3 Å². The maximum Gasteiger partial charge on any atom is 0.241 e. The molecular formula is C20H29N3O3S2. The Balaban J connectivity index is 1.84. The van der Waals surface area contributed by atoms with Gasteiger partial charge in [0.15, 0.2) is 0 Å². The molecule has 2 aromatic rings. The fourth-order valence-corrected chi connectivity index (χ4v) is 5.89. The molecule has 0 saturated carbocycles. The fourth-order valence-electron chi connectivity index (χ4n) is 3.72.